The lowest BCUT2D eigenvalue weighted by Gasteiger charge is -2.15. The molecule has 0 aromatic rings. The Morgan fingerprint density at radius 2 is 1.04 bits per heavy atom. The molecule has 1 amide bonds. The minimum absolute atomic E-state index is 0.0461. The van der Waals surface area contributed by atoms with Gasteiger partial charge in [0, 0.05) is 19.4 Å². The Balaban J connectivity index is 3.74. The van der Waals surface area contributed by atoms with Crippen molar-refractivity contribution in [1.82, 2.24) is 5.32 Å². The first-order valence-electron chi connectivity index (χ1n) is 21.1. The summed E-state index contributed by atoms with van der Waals surface area (Å²) < 4.78 is 26.8. The van der Waals surface area contributed by atoms with E-state index in [1.54, 1.807) is 0 Å². The van der Waals surface area contributed by atoms with Crippen LogP contribution in [0.1, 0.15) is 155 Å². The zero-order valence-corrected chi connectivity index (χ0v) is 35.2. The molecule has 0 radical (unpaired) electrons. The van der Waals surface area contributed by atoms with Crippen LogP contribution in [0.2, 0.25) is 0 Å². The maximum atomic E-state index is 12.1. The quantitative estimate of drug-likeness (QED) is 0.0244. The molecule has 0 rings (SSSR count). The number of aliphatic hydroxyl groups excluding tert-OH is 1. The second-order valence-corrected chi connectivity index (χ2v) is 15.0. The molecule has 3 N–H and O–H groups in total. The fraction of sp³-hybridized carbons (Fsp3) is 0.644. The van der Waals surface area contributed by atoms with Crippen molar-refractivity contribution < 1.29 is 37.9 Å². The van der Waals surface area contributed by atoms with Crippen LogP contribution in [0.4, 0.5) is 0 Å². The number of carbonyl (C=O) groups is 2. The number of nitrogens with one attached hydrogen (secondary N) is 1. The highest BCUT2D eigenvalue weighted by Crippen LogP contribution is 2.42. The highest BCUT2D eigenvalue weighted by molar-refractivity contribution is 7.47. The number of phosphoric ester groups is 1. The average molecular weight is 790 g/mol. The summed E-state index contributed by atoms with van der Waals surface area (Å²) in [5.74, 6) is -0.584. The molecule has 55 heavy (non-hydrogen) atoms. The topological polar surface area (TPSA) is 131 Å². The second-order valence-electron chi connectivity index (χ2n) is 13.6. The standard InChI is InChI=1S/C45H76NO8P/c1-3-5-7-9-11-13-15-16-17-18-19-20-21-22-23-24-25-26-28-29-31-33-35-37-44(48)46-39-40-53-55(50,51)54-42-43(47)41-52-45(49)38-36-34-32-30-27-14-12-10-8-6-4-2/h5,7,11,13,16-17,19-20,22-23,25-26,29,31,43,47H,3-4,6,8-10,12,14-15,18,21,24,27-28,30,32-42H2,1-2H3,(H,46,48)(H,50,51)/b7-5-,13-11-,17-16-,20-19-,23-22-,26-25-,31-29-. The zero-order chi connectivity index (χ0) is 40.3. The Morgan fingerprint density at radius 3 is 1.53 bits per heavy atom. The Hall–Kier alpha value is -2.81. The second kappa shape index (κ2) is 40.8. The minimum Gasteiger partial charge on any atom is -0.463 e. The average Bonchev–Trinajstić information content (AvgIpc) is 3.17. The van der Waals surface area contributed by atoms with E-state index in [9.17, 15) is 24.2 Å². The van der Waals surface area contributed by atoms with Gasteiger partial charge in [0.2, 0.25) is 5.91 Å². The number of carbonyl (C=O) groups excluding carboxylic acids is 2. The summed E-state index contributed by atoms with van der Waals surface area (Å²) in [4.78, 5) is 33.8. The molecular weight excluding hydrogens is 713 g/mol. The molecule has 0 saturated carbocycles. The summed E-state index contributed by atoms with van der Waals surface area (Å²) in [5, 5.41) is 12.6. The lowest BCUT2D eigenvalue weighted by atomic mass is 10.1. The molecular formula is C45H76NO8P. The Morgan fingerprint density at radius 1 is 0.582 bits per heavy atom. The Bertz CT molecular complexity index is 1170. The Kier molecular flexibility index (Phi) is 38.8. The van der Waals surface area contributed by atoms with E-state index >= 15 is 0 Å². The van der Waals surface area contributed by atoms with Crippen molar-refractivity contribution in [1.29, 1.82) is 0 Å². The van der Waals surface area contributed by atoms with Crippen LogP contribution in [-0.4, -0.2) is 54.3 Å². The molecule has 0 fully saturated rings. The van der Waals surface area contributed by atoms with Gasteiger partial charge >= 0.3 is 13.8 Å². The zero-order valence-electron chi connectivity index (χ0n) is 34.3. The monoisotopic (exact) mass is 790 g/mol. The van der Waals surface area contributed by atoms with Crippen LogP contribution in [0.15, 0.2) is 85.1 Å². The van der Waals surface area contributed by atoms with Gasteiger partial charge in [0.15, 0.2) is 0 Å². The molecule has 9 nitrogen and oxygen atoms in total. The van der Waals surface area contributed by atoms with Crippen molar-refractivity contribution in [3.8, 4) is 0 Å². The van der Waals surface area contributed by atoms with Gasteiger partial charge in [0.1, 0.15) is 12.7 Å². The van der Waals surface area contributed by atoms with Crippen LogP contribution in [0, 0.1) is 0 Å². The van der Waals surface area contributed by atoms with Crippen molar-refractivity contribution in [3.05, 3.63) is 85.1 Å². The number of ether oxygens (including phenoxy) is 1. The molecule has 314 valence electrons. The number of aliphatic hydroxyl groups is 1. The molecule has 2 unspecified atom stereocenters. The lowest BCUT2D eigenvalue weighted by Crippen LogP contribution is -2.27. The highest BCUT2D eigenvalue weighted by atomic mass is 31.2. The maximum absolute atomic E-state index is 12.1. The third-order valence-corrected chi connectivity index (χ3v) is 9.32. The van der Waals surface area contributed by atoms with E-state index in [1.165, 1.54) is 51.4 Å². The molecule has 0 aromatic heterocycles. The van der Waals surface area contributed by atoms with E-state index in [-0.39, 0.29) is 32.1 Å². The number of rotatable bonds is 38. The van der Waals surface area contributed by atoms with Gasteiger partial charge in [-0.1, -0.05) is 163 Å². The van der Waals surface area contributed by atoms with Gasteiger partial charge < -0.3 is 20.1 Å². The normalized spacial score (nSPS) is 14.2. The minimum atomic E-state index is -4.43. The smallest absolute Gasteiger partial charge is 0.463 e. The van der Waals surface area contributed by atoms with Crippen LogP contribution in [0.25, 0.3) is 0 Å². The molecule has 2 atom stereocenters. The SMILES string of the molecule is CC/C=C\C/C=C\C/C=C\C/C=C\C/C=C\C/C=C\C/C=C\CCCC(=O)NCCOP(=O)(O)OCC(O)COC(=O)CCCCCCCCCCCCC. The fourth-order valence-electron chi connectivity index (χ4n) is 5.19. The predicted octanol–water partition coefficient (Wildman–Crippen LogP) is 11.7. The summed E-state index contributed by atoms with van der Waals surface area (Å²) >= 11 is 0. The van der Waals surface area contributed by atoms with Crippen molar-refractivity contribution in [2.24, 2.45) is 0 Å². The van der Waals surface area contributed by atoms with Gasteiger partial charge in [-0.3, -0.25) is 18.6 Å². The molecule has 0 aromatic carbocycles. The van der Waals surface area contributed by atoms with E-state index in [0.717, 1.165) is 70.6 Å². The largest absolute Gasteiger partial charge is 0.472 e. The summed E-state index contributed by atoms with van der Waals surface area (Å²) in [6.45, 7) is 3.33. The predicted molar refractivity (Wildman–Crippen MR) is 229 cm³/mol. The van der Waals surface area contributed by atoms with E-state index in [4.69, 9.17) is 13.8 Å². The maximum Gasteiger partial charge on any atom is 0.472 e. The molecule has 0 aliphatic heterocycles. The molecule has 0 spiro atoms. The van der Waals surface area contributed by atoms with Gasteiger partial charge in [0.25, 0.3) is 0 Å². The van der Waals surface area contributed by atoms with Crippen LogP contribution < -0.4 is 5.32 Å². The first-order chi connectivity index (χ1) is 26.8. The number of hydrogen-bond acceptors (Lipinski definition) is 7. The van der Waals surface area contributed by atoms with Crippen LogP contribution in [0.5, 0.6) is 0 Å². The summed E-state index contributed by atoms with van der Waals surface area (Å²) in [7, 11) is -4.43. The number of unbranched alkanes of at least 4 members (excludes halogenated alkanes) is 11. The summed E-state index contributed by atoms with van der Waals surface area (Å²) in [6.07, 6.45) is 51.0. The number of phosphoric acid groups is 1. The third-order valence-electron chi connectivity index (χ3n) is 8.34. The highest BCUT2D eigenvalue weighted by Gasteiger charge is 2.23. The number of allylic oxidation sites excluding steroid dienone is 14. The van der Waals surface area contributed by atoms with Gasteiger partial charge in [-0.15, -0.1) is 0 Å². The van der Waals surface area contributed by atoms with E-state index in [0.29, 0.717) is 12.8 Å². The summed E-state index contributed by atoms with van der Waals surface area (Å²) in [5.41, 5.74) is 0. The van der Waals surface area contributed by atoms with Gasteiger partial charge in [-0.25, -0.2) is 4.57 Å². The molecule has 0 aliphatic rings. The fourth-order valence-corrected chi connectivity index (χ4v) is 5.95. The van der Waals surface area contributed by atoms with Crippen LogP contribution in [0.3, 0.4) is 0 Å². The van der Waals surface area contributed by atoms with Crippen molar-refractivity contribution in [2.45, 2.75) is 161 Å². The van der Waals surface area contributed by atoms with Crippen LogP contribution in [-0.2, 0) is 27.9 Å². The van der Waals surface area contributed by atoms with Gasteiger partial charge in [-0.05, 0) is 64.2 Å². The van der Waals surface area contributed by atoms with Gasteiger partial charge in [0.05, 0.1) is 13.2 Å². The van der Waals surface area contributed by atoms with Crippen molar-refractivity contribution in [2.75, 3.05) is 26.4 Å². The van der Waals surface area contributed by atoms with E-state index in [1.807, 2.05) is 0 Å². The van der Waals surface area contributed by atoms with E-state index < -0.39 is 26.5 Å². The van der Waals surface area contributed by atoms with Crippen molar-refractivity contribution in [3.63, 3.8) is 0 Å². The first-order valence-corrected chi connectivity index (χ1v) is 22.6. The Labute approximate surface area is 334 Å². The molecule has 0 saturated heterocycles. The molecule has 0 heterocycles. The molecule has 0 aliphatic carbocycles. The van der Waals surface area contributed by atoms with Crippen molar-refractivity contribution >= 4 is 19.7 Å². The summed E-state index contributed by atoms with van der Waals surface area (Å²) in [6, 6.07) is 0. The number of hydrogen-bond donors (Lipinski definition) is 3. The van der Waals surface area contributed by atoms with Crippen LogP contribution >= 0.6 is 7.82 Å². The van der Waals surface area contributed by atoms with Gasteiger partial charge in [-0.2, -0.15) is 0 Å². The molecule has 0 bridgehead atoms. The molecule has 10 heteroatoms. The first kappa shape index (κ1) is 52.2. The number of amides is 1. The number of esters is 1. The van der Waals surface area contributed by atoms with E-state index in [2.05, 4.69) is 104 Å². The third kappa shape index (κ3) is 42.2. The lowest BCUT2D eigenvalue weighted by molar-refractivity contribution is -0.147.